The lowest BCUT2D eigenvalue weighted by Gasteiger charge is -2.20. The molecular weight excluding hydrogens is 144 g/mol. The zero-order chi connectivity index (χ0) is 8.48. The van der Waals surface area contributed by atoms with Crippen molar-refractivity contribution in [1.82, 2.24) is 0 Å². The number of aliphatic hydroxyl groups excluding tert-OH is 2. The molecule has 0 spiro atoms. The lowest BCUT2D eigenvalue weighted by molar-refractivity contribution is -0.0673. The van der Waals surface area contributed by atoms with E-state index in [2.05, 4.69) is 0 Å². The molecule has 0 bridgehead atoms. The van der Waals surface area contributed by atoms with Gasteiger partial charge in [-0.3, -0.25) is 0 Å². The largest absolute Gasteiger partial charge is 0.394 e. The van der Waals surface area contributed by atoms with Crippen molar-refractivity contribution >= 4 is 0 Å². The number of hydrogen-bond donors (Lipinski definition) is 2. The molecule has 66 valence electrons. The van der Waals surface area contributed by atoms with E-state index in [1.54, 1.807) is 6.92 Å². The summed E-state index contributed by atoms with van der Waals surface area (Å²) in [6.45, 7) is 4.14. The Morgan fingerprint density at radius 1 is 1.73 bits per heavy atom. The minimum atomic E-state index is -0.427. The Morgan fingerprint density at radius 2 is 2.27 bits per heavy atom. The highest BCUT2D eigenvalue weighted by atomic mass is 16.5. The van der Waals surface area contributed by atoms with E-state index in [4.69, 9.17) is 9.84 Å². The monoisotopic (exact) mass is 160 g/mol. The van der Waals surface area contributed by atoms with Gasteiger partial charge in [-0.1, -0.05) is 6.92 Å². The van der Waals surface area contributed by atoms with Gasteiger partial charge in [-0.2, -0.15) is 0 Å². The Morgan fingerprint density at radius 3 is 2.55 bits per heavy atom. The van der Waals surface area contributed by atoms with Gasteiger partial charge in [0.2, 0.25) is 0 Å². The van der Waals surface area contributed by atoms with Crippen molar-refractivity contribution in [3.8, 4) is 0 Å². The molecule has 11 heavy (non-hydrogen) atoms. The fourth-order valence-corrected chi connectivity index (χ4v) is 1.56. The second-order valence-corrected chi connectivity index (χ2v) is 3.31. The summed E-state index contributed by atoms with van der Waals surface area (Å²) in [6, 6.07) is 0. The van der Waals surface area contributed by atoms with E-state index < -0.39 is 6.10 Å². The first-order chi connectivity index (χ1) is 5.13. The van der Waals surface area contributed by atoms with Crippen LogP contribution in [0.2, 0.25) is 0 Å². The minimum Gasteiger partial charge on any atom is -0.394 e. The third-order valence-corrected chi connectivity index (χ3v) is 2.47. The van der Waals surface area contributed by atoms with Crippen LogP contribution in [0.3, 0.4) is 0 Å². The van der Waals surface area contributed by atoms with Gasteiger partial charge in [-0.15, -0.1) is 0 Å². The molecule has 1 rings (SSSR count). The fraction of sp³-hybridized carbons (Fsp3) is 1.00. The van der Waals surface area contributed by atoms with Crippen molar-refractivity contribution < 1.29 is 14.9 Å². The quantitative estimate of drug-likeness (QED) is 0.615. The Bertz CT molecular complexity index is 135. The molecule has 3 heteroatoms. The van der Waals surface area contributed by atoms with Crippen LogP contribution in [0.15, 0.2) is 0 Å². The topological polar surface area (TPSA) is 49.7 Å². The SMILES string of the molecule is CC(O)C1(OCCO)CC1C. The zero-order valence-corrected chi connectivity index (χ0v) is 7.08. The van der Waals surface area contributed by atoms with E-state index in [0.29, 0.717) is 12.5 Å². The molecule has 0 heterocycles. The smallest absolute Gasteiger partial charge is 0.0968 e. The fourth-order valence-electron chi connectivity index (χ4n) is 1.56. The summed E-state index contributed by atoms with van der Waals surface area (Å²) >= 11 is 0. The highest BCUT2D eigenvalue weighted by molar-refractivity contribution is 5.06. The lowest BCUT2D eigenvalue weighted by Crippen LogP contribution is -2.31. The number of hydrogen-bond acceptors (Lipinski definition) is 3. The van der Waals surface area contributed by atoms with Crippen molar-refractivity contribution in [1.29, 1.82) is 0 Å². The molecule has 3 unspecified atom stereocenters. The highest BCUT2D eigenvalue weighted by Gasteiger charge is 2.56. The van der Waals surface area contributed by atoms with Crippen LogP contribution in [-0.2, 0) is 4.74 Å². The first kappa shape index (κ1) is 8.97. The highest BCUT2D eigenvalue weighted by Crippen LogP contribution is 2.48. The van der Waals surface area contributed by atoms with E-state index in [9.17, 15) is 5.11 Å². The zero-order valence-electron chi connectivity index (χ0n) is 7.08. The molecule has 0 aromatic heterocycles. The van der Waals surface area contributed by atoms with E-state index in [1.165, 1.54) is 0 Å². The maximum Gasteiger partial charge on any atom is 0.0968 e. The van der Waals surface area contributed by atoms with Crippen LogP contribution < -0.4 is 0 Å². The summed E-state index contributed by atoms with van der Waals surface area (Å²) in [5, 5.41) is 17.9. The van der Waals surface area contributed by atoms with E-state index in [-0.39, 0.29) is 12.2 Å². The third kappa shape index (κ3) is 1.55. The Balaban J connectivity index is 2.37. The standard InChI is InChI=1S/C8H16O3/c1-6-5-8(6,7(2)10)11-4-3-9/h6-7,9-10H,3-5H2,1-2H3. The molecule has 1 fully saturated rings. The maximum absolute atomic E-state index is 9.33. The van der Waals surface area contributed by atoms with Gasteiger partial charge in [-0.25, -0.2) is 0 Å². The first-order valence-corrected chi connectivity index (χ1v) is 4.06. The van der Waals surface area contributed by atoms with Gasteiger partial charge in [0, 0.05) is 0 Å². The summed E-state index contributed by atoms with van der Waals surface area (Å²) in [7, 11) is 0. The Hall–Kier alpha value is -0.120. The van der Waals surface area contributed by atoms with Crippen molar-refractivity contribution in [2.24, 2.45) is 5.92 Å². The second-order valence-electron chi connectivity index (χ2n) is 3.31. The molecule has 3 nitrogen and oxygen atoms in total. The molecular formula is C8H16O3. The van der Waals surface area contributed by atoms with Gasteiger partial charge >= 0.3 is 0 Å². The van der Waals surface area contributed by atoms with Crippen molar-refractivity contribution in [2.75, 3.05) is 13.2 Å². The molecule has 0 radical (unpaired) electrons. The van der Waals surface area contributed by atoms with Crippen LogP contribution >= 0.6 is 0 Å². The number of rotatable bonds is 4. The second kappa shape index (κ2) is 3.09. The van der Waals surface area contributed by atoms with Crippen LogP contribution in [0.25, 0.3) is 0 Å². The molecule has 0 saturated heterocycles. The molecule has 0 aliphatic heterocycles. The average Bonchev–Trinajstić information content (AvgIpc) is 2.59. The van der Waals surface area contributed by atoms with Crippen LogP contribution in [0.5, 0.6) is 0 Å². The number of ether oxygens (including phenoxy) is 1. The van der Waals surface area contributed by atoms with Crippen LogP contribution in [0.1, 0.15) is 20.3 Å². The molecule has 0 aromatic rings. The van der Waals surface area contributed by atoms with E-state index >= 15 is 0 Å². The van der Waals surface area contributed by atoms with E-state index in [0.717, 1.165) is 6.42 Å². The minimum absolute atomic E-state index is 0.0290. The summed E-state index contributed by atoms with van der Waals surface area (Å²) in [6.07, 6.45) is 0.481. The van der Waals surface area contributed by atoms with Crippen LogP contribution in [0.4, 0.5) is 0 Å². The summed E-state index contributed by atoms with van der Waals surface area (Å²) < 4.78 is 5.36. The lowest BCUT2D eigenvalue weighted by atomic mass is 10.1. The van der Waals surface area contributed by atoms with Gasteiger partial charge in [0.05, 0.1) is 24.9 Å². The molecule has 3 atom stereocenters. The Kier molecular flexibility index (Phi) is 2.52. The van der Waals surface area contributed by atoms with Crippen molar-refractivity contribution in [3.63, 3.8) is 0 Å². The van der Waals surface area contributed by atoms with Gasteiger partial charge < -0.3 is 14.9 Å². The molecule has 1 aliphatic carbocycles. The molecule has 1 saturated carbocycles. The third-order valence-electron chi connectivity index (χ3n) is 2.47. The normalized spacial score (nSPS) is 38.7. The predicted molar refractivity (Wildman–Crippen MR) is 41.2 cm³/mol. The summed E-state index contributed by atoms with van der Waals surface area (Å²) in [5.41, 5.74) is -0.345. The van der Waals surface area contributed by atoms with Gasteiger partial charge in [0.1, 0.15) is 0 Å². The molecule has 1 aliphatic rings. The molecule has 0 aromatic carbocycles. The average molecular weight is 160 g/mol. The van der Waals surface area contributed by atoms with Gasteiger partial charge in [-0.05, 0) is 19.3 Å². The van der Waals surface area contributed by atoms with E-state index in [1.807, 2.05) is 6.92 Å². The molecule has 0 amide bonds. The van der Waals surface area contributed by atoms with Crippen LogP contribution in [-0.4, -0.2) is 35.1 Å². The summed E-state index contributed by atoms with van der Waals surface area (Å²) in [5.74, 6) is 0.425. The number of aliphatic hydroxyl groups is 2. The molecule has 2 N–H and O–H groups in total. The predicted octanol–water partition coefficient (Wildman–Crippen LogP) is 0.155. The van der Waals surface area contributed by atoms with Crippen LogP contribution in [0, 0.1) is 5.92 Å². The first-order valence-electron chi connectivity index (χ1n) is 4.06. The van der Waals surface area contributed by atoms with Gasteiger partial charge in [0.25, 0.3) is 0 Å². The van der Waals surface area contributed by atoms with Crippen molar-refractivity contribution in [2.45, 2.75) is 32.0 Å². The summed E-state index contributed by atoms with van der Waals surface area (Å²) in [4.78, 5) is 0. The maximum atomic E-state index is 9.33. The van der Waals surface area contributed by atoms with Crippen molar-refractivity contribution in [3.05, 3.63) is 0 Å². The van der Waals surface area contributed by atoms with Gasteiger partial charge in [0.15, 0.2) is 0 Å². The Labute approximate surface area is 67.0 Å².